The van der Waals surface area contributed by atoms with E-state index in [1.54, 1.807) is 7.05 Å². The van der Waals surface area contributed by atoms with Gasteiger partial charge in [0.2, 0.25) is 5.95 Å². The standard InChI is InChI=1S/C20H23N7O2/c1-24-17-16(22-19(23-17)26-8-4-5-14(21)12-26)18(28)27(20(24)29)11-13-9-15-6-2-3-7-25(15)10-13/h2-3,6-7,9-10,14H,4-5,8,11-12,21H2,1H3,(H,22,23). The van der Waals surface area contributed by atoms with Crippen molar-refractivity contribution in [1.82, 2.24) is 23.5 Å². The molecule has 9 nitrogen and oxygen atoms in total. The quantitative estimate of drug-likeness (QED) is 0.532. The molecule has 4 aromatic heterocycles. The molecule has 150 valence electrons. The van der Waals surface area contributed by atoms with Crippen LogP contribution >= 0.6 is 0 Å². The van der Waals surface area contributed by atoms with Crippen LogP contribution in [0.25, 0.3) is 16.7 Å². The van der Waals surface area contributed by atoms with Crippen LogP contribution in [0.2, 0.25) is 0 Å². The number of nitrogens with one attached hydrogen (secondary N) is 1. The maximum absolute atomic E-state index is 13.1. The molecule has 1 unspecified atom stereocenters. The smallest absolute Gasteiger partial charge is 0.332 e. The lowest BCUT2D eigenvalue weighted by Crippen LogP contribution is -2.43. The first kappa shape index (κ1) is 17.7. The highest BCUT2D eigenvalue weighted by molar-refractivity contribution is 5.73. The third-order valence-electron chi connectivity index (χ3n) is 5.63. The number of H-pyrrole nitrogens is 1. The van der Waals surface area contributed by atoms with Gasteiger partial charge in [0.25, 0.3) is 5.56 Å². The Balaban J connectivity index is 1.59. The van der Waals surface area contributed by atoms with Gasteiger partial charge in [0.05, 0.1) is 6.54 Å². The number of fused-ring (bicyclic) bond motifs is 2. The lowest BCUT2D eigenvalue weighted by atomic mass is 10.1. The van der Waals surface area contributed by atoms with Gasteiger partial charge in [-0.25, -0.2) is 4.79 Å². The van der Waals surface area contributed by atoms with Crippen LogP contribution in [0.1, 0.15) is 18.4 Å². The molecule has 0 amide bonds. The van der Waals surface area contributed by atoms with E-state index in [0.717, 1.165) is 30.5 Å². The number of nitrogens with two attached hydrogens (primary N) is 1. The summed E-state index contributed by atoms with van der Waals surface area (Å²) in [5.74, 6) is 0.592. The summed E-state index contributed by atoms with van der Waals surface area (Å²) in [7, 11) is 1.64. The first-order chi connectivity index (χ1) is 14.0. The van der Waals surface area contributed by atoms with Gasteiger partial charge in [0.15, 0.2) is 11.2 Å². The second-order valence-electron chi connectivity index (χ2n) is 7.72. The van der Waals surface area contributed by atoms with E-state index in [2.05, 4.69) is 9.97 Å². The Kier molecular flexibility index (Phi) is 4.06. The first-order valence-corrected chi connectivity index (χ1v) is 9.77. The number of aromatic amines is 1. The molecule has 5 heterocycles. The fourth-order valence-corrected chi connectivity index (χ4v) is 4.11. The number of hydrogen-bond donors (Lipinski definition) is 2. The second-order valence-corrected chi connectivity index (χ2v) is 7.72. The van der Waals surface area contributed by atoms with E-state index < -0.39 is 0 Å². The average Bonchev–Trinajstić information content (AvgIpc) is 3.34. The van der Waals surface area contributed by atoms with Gasteiger partial charge in [0, 0.05) is 44.1 Å². The minimum absolute atomic E-state index is 0.0846. The number of hydrogen-bond acceptors (Lipinski definition) is 5. The van der Waals surface area contributed by atoms with Crippen LogP contribution in [0, 0.1) is 0 Å². The highest BCUT2D eigenvalue weighted by Gasteiger charge is 2.22. The number of pyridine rings is 1. The van der Waals surface area contributed by atoms with Crippen molar-refractivity contribution in [1.29, 1.82) is 0 Å². The molecule has 0 saturated carbocycles. The maximum atomic E-state index is 13.1. The number of aromatic nitrogens is 5. The topological polar surface area (TPSA) is 106 Å². The molecule has 0 aromatic carbocycles. The van der Waals surface area contributed by atoms with Crippen molar-refractivity contribution in [2.24, 2.45) is 12.8 Å². The van der Waals surface area contributed by atoms with E-state index in [1.807, 2.05) is 46.0 Å². The van der Waals surface area contributed by atoms with Crippen LogP contribution in [0.3, 0.4) is 0 Å². The third-order valence-corrected chi connectivity index (χ3v) is 5.63. The van der Waals surface area contributed by atoms with E-state index in [9.17, 15) is 9.59 Å². The summed E-state index contributed by atoms with van der Waals surface area (Å²) >= 11 is 0. The summed E-state index contributed by atoms with van der Waals surface area (Å²) < 4.78 is 4.65. The normalized spacial score (nSPS) is 17.4. The number of imidazole rings is 1. The van der Waals surface area contributed by atoms with Crippen molar-refractivity contribution in [3.05, 3.63) is 63.1 Å². The van der Waals surface area contributed by atoms with Gasteiger partial charge in [-0.05, 0) is 36.6 Å². The van der Waals surface area contributed by atoms with Gasteiger partial charge < -0.3 is 20.0 Å². The summed E-state index contributed by atoms with van der Waals surface area (Å²) in [5.41, 5.74) is 7.93. The number of nitrogens with zero attached hydrogens (tertiary/aromatic N) is 5. The first-order valence-electron chi connectivity index (χ1n) is 9.77. The molecule has 0 aliphatic carbocycles. The van der Waals surface area contributed by atoms with E-state index in [0.29, 0.717) is 23.7 Å². The van der Waals surface area contributed by atoms with Gasteiger partial charge >= 0.3 is 5.69 Å². The van der Waals surface area contributed by atoms with E-state index in [4.69, 9.17) is 5.73 Å². The number of aryl methyl sites for hydroxylation is 1. The number of piperidine rings is 1. The monoisotopic (exact) mass is 393 g/mol. The molecule has 29 heavy (non-hydrogen) atoms. The van der Waals surface area contributed by atoms with Gasteiger partial charge in [-0.15, -0.1) is 0 Å². The predicted octanol–water partition coefficient (Wildman–Crippen LogP) is 0.652. The fraction of sp³-hybridized carbons (Fsp3) is 0.350. The molecule has 1 atom stereocenters. The lowest BCUT2D eigenvalue weighted by molar-refractivity contribution is 0.501. The molecule has 5 rings (SSSR count). The summed E-state index contributed by atoms with van der Waals surface area (Å²) in [4.78, 5) is 35.7. The van der Waals surface area contributed by atoms with Gasteiger partial charge in [-0.1, -0.05) is 6.07 Å². The Hall–Kier alpha value is -3.33. The average molecular weight is 393 g/mol. The minimum Gasteiger partial charge on any atom is -0.341 e. The van der Waals surface area contributed by atoms with Crippen molar-refractivity contribution in [2.45, 2.75) is 25.4 Å². The van der Waals surface area contributed by atoms with Crippen LogP contribution in [0.15, 0.2) is 46.2 Å². The van der Waals surface area contributed by atoms with Crippen LogP contribution in [0.4, 0.5) is 5.95 Å². The molecule has 1 saturated heterocycles. The van der Waals surface area contributed by atoms with Crippen molar-refractivity contribution in [3.63, 3.8) is 0 Å². The molecule has 3 N–H and O–H groups in total. The van der Waals surface area contributed by atoms with E-state index >= 15 is 0 Å². The molecule has 1 aliphatic rings. The molecule has 9 heteroatoms. The van der Waals surface area contributed by atoms with Crippen molar-refractivity contribution in [3.8, 4) is 0 Å². The zero-order valence-corrected chi connectivity index (χ0v) is 16.2. The third kappa shape index (κ3) is 2.94. The molecule has 1 aliphatic heterocycles. The molecule has 4 aromatic rings. The molecule has 0 radical (unpaired) electrons. The van der Waals surface area contributed by atoms with Crippen molar-refractivity contribution < 1.29 is 0 Å². The molecule has 1 fully saturated rings. The van der Waals surface area contributed by atoms with Gasteiger partial charge in [-0.2, -0.15) is 4.98 Å². The predicted molar refractivity (Wildman–Crippen MR) is 112 cm³/mol. The second kappa shape index (κ2) is 6.63. The van der Waals surface area contributed by atoms with Crippen LogP contribution in [-0.4, -0.2) is 42.6 Å². The Morgan fingerprint density at radius 2 is 2.17 bits per heavy atom. The van der Waals surface area contributed by atoms with Gasteiger partial charge in [-0.3, -0.25) is 13.9 Å². The Labute approximate surface area is 166 Å². The summed E-state index contributed by atoms with van der Waals surface area (Å²) in [6.45, 7) is 1.71. The maximum Gasteiger partial charge on any atom is 0.332 e. The molecule has 0 spiro atoms. The zero-order chi connectivity index (χ0) is 20.1. The Morgan fingerprint density at radius 1 is 1.31 bits per heavy atom. The number of anilines is 1. The highest BCUT2D eigenvalue weighted by Crippen LogP contribution is 2.18. The van der Waals surface area contributed by atoms with E-state index in [1.165, 1.54) is 9.13 Å². The largest absolute Gasteiger partial charge is 0.341 e. The Morgan fingerprint density at radius 3 is 2.97 bits per heavy atom. The minimum atomic E-state index is -0.383. The zero-order valence-electron chi connectivity index (χ0n) is 16.2. The lowest BCUT2D eigenvalue weighted by Gasteiger charge is -2.30. The Bertz CT molecular complexity index is 1290. The molecular weight excluding hydrogens is 370 g/mol. The van der Waals surface area contributed by atoms with Crippen LogP contribution in [-0.2, 0) is 13.6 Å². The summed E-state index contributed by atoms with van der Waals surface area (Å²) in [5, 5.41) is 0. The van der Waals surface area contributed by atoms with Crippen molar-refractivity contribution in [2.75, 3.05) is 18.0 Å². The van der Waals surface area contributed by atoms with Crippen LogP contribution in [0.5, 0.6) is 0 Å². The molecule has 0 bridgehead atoms. The summed E-state index contributed by atoms with van der Waals surface area (Å²) in [6.07, 6.45) is 5.82. The SMILES string of the molecule is Cn1c(=O)n(Cc2cc3ccccn3c2)c(=O)c2[nH]c(N3CCCC(N)C3)nc21. The van der Waals surface area contributed by atoms with E-state index in [-0.39, 0.29) is 23.8 Å². The van der Waals surface area contributed by atoms with Crippen molar-refractivity contribution >= 4 is 22.6 Å². The highest BCUT2D eigenvalue weighted by atomic mass is 16.2. The van der Waals surface area contributed by atoms with Crippen LogP contribution < -0.4 is 21.9 Å². The molecular formula is C20H23N7O2. The number of rotatable bonds is 3. The summed E-state index contributed by atoms with van der Waals surface area (Å²) in [6, 6.07) is 7.94. The fourth-order valence-electron chi connectivity index (χ4n) is 4.11. The van der Waals surface area contributed by atoms with Gasteiger partial charge in [0.1, 0.15) is 0 Å².